The van der Waals surface area contributed by atoms with Crippen LogP contribution in [0.2, 0.25) is 0 Å². The minimum absolute atomic E-state index is 0.190. The van der Waals surface area contributed by atoms with Crippen molar-refractivity contribution in [2.24, 2.45) is 0 Å². The molecule has 0 unspecified atom stereocenters. The molecule has 0 saturated carbocycles. The van der Waals surface area contributed by atoms with Gasteiger partial charge in [-0.1, -0.05) is 15.9 Å². The van der Waals surface area contributed by atoms with E-state index in [1.807, 2.05) is 0 Å². The summed E-state index contributed by atoms with van der Waals surface area (Å²) in [6, 6.07) is 4.24. The first-order valence-corrected chi connectivity index (χ1v) is 6.56. The van der Waals surface area contributed by atoms with E-state index >= 15 is 0 Å². The van der Waals surface area contributed by atoms with Crippen LogP contribution in [-0.2, 0) is 0 Å². The molecule has 0 saturated heterocycles. The Labute approximate surface area is 122 Å². The molecule has 0 aliphatic rings. The number of rotatable bonds is 2. The molecule has 2 aromatic carbocycles. The van der Waals surface area contributed by atoms with E-state index in [-0.39, 0.29) is 5.56 Å². The van der Waals surface area contributed by atoms with Crippen molar-refractivity contribution in [1.82, 2.24) is 0 Å². The average molecular weight is 343 g/mol. The predicted octanol–water partition coefficient (Wildman–Crippen LogP) is 4.71. The van der Waals surface area contributed by atoms with Crippen molar-refractivity contribution in [3.05, 3.63) is 68.4 Å². The molecule has 0 radical (unpaired) electrons. The molecule has 0 bridgehead atoms. The molecule has 2 rings (SSSR count). The zero-order valence-corrected chi connectivity index (χ0v) is 12.3. The Bertz CT molecular complexity index is 688. The van der Waals surface area contributed by atoms with Gasteiger partial charge in [-0.15, -0.1) is 0 Å². The van der Waals surface area contributed by atoms with Gasteiger partial charge in [-0.25, -0.2) is 13.2 Å². The highest BCUT2D eigenvalue weighted by Gasteiger charge is 2.22. The van der Waals surface area contributed by atoms with E-state index in [4.69, 9.17) is 0 Å². The minimum Gasteiger partial charge on any atom is -0.288 e. The molecule has 0 heterocycles. The Morgan fingerprint density at radius 3 is 2.05 bits per heavy atom. The van der Waals surface area contributed by atoms with Gasteiger partial charge in [-0.3, -0.25) is 4.79 Å². The lowest BCUT2D eigenvalue weighted by atomic mass is 9.96. The van der Waals surface area contributed by atoms with Gasteiger partial charge in [0.2, 0.25) is 0 Å². The van der Waals surface area contributed by atoms with E-state index in [2.05, 4.69) is 15.9 Å². The highest BCUT2D eigenvalue weighted by atomic mass is 79.9. The van der Waals surface area contributed by atoms with E-state index in [1.165, 1.54) is 0 Å². The summed E-state index contributed by atoms with van der Waals surface area (Å²) in [4.78, 5) is 12.3. The van der Waals surface area contributed by atoms with E-state index in [0.29, 0.717) is 17.7 Å². The summed E-state index contributed by atoms with van der Waals surface area (Å²) in [6.45, 7) is 3.43. The molecule has 104 valence electrons. The monoisotopic (exact) mass is 342 g/mol. The lowest BCUT2D eigenvalue weighted by molar-refractivity contribution is 0.103. The number of carbonyl (C=O) groups is 1. The summed E-state index contributed by atoms with van der Waals surface area (Å²) in [5.74, 6) is -4.26. The molecule has 20 heavy (non-hydrogen) atoms. The topological polar surface area (TPSA) is 17.1 Å². The van der Waals surface area contributed by atoms with E-state index in [9.17, 15) is 18.0 Å². The second kappa shape index (κ2) is 5.40. The van der Waals surface area contributed by atoms with Crippen LogP contribution in [0.1, 0.15) is 27.0 Å². The van der Waals surface area contributed by atoms with E-state index < -0.39 is 28.8 Å². The Hall–Kier alpha value is -1.62. The lowest BCUT2D eigenvalue weighted by Gasteiger charge is -2.09. The molecule has 0 fully saturated rings. The second-order valence-electron chi connectivity index (χ2n) is 4.49. The maximum Gasteiger partial charge on any atom is 0.199 e. The summed E-state index contributed by atoms with van der Waals surface area (Å²) in [7, 11) is 0. The van der Waals surface area contributed by atoms with Gasteiger partial charge in [0, 0.05) is 22.2 Å². The number of carbonyl (C=O) groups excluding carboxylic acids is 1. The quantitative estimate of drug-likeness (QED) is 0.722. The predicted molar refractivity (Wildman–Crippen MR) is 73.4 cm³/mol. The van der Waals surface area contributed by atoms with Crippen molar-refractivity contribution in [3.63, 3.8) is 0 Å². The highest BCUT2D eigenvalue weighted by Crippen LogP contribution is 2.25. The minimum atomic E-state index is -1.20. The second-order valence-corrected chi connectivity index (χ2v) is 5.34. The SMILES string of the molecule is Cc1cc(C(=O)c2c(F)cc(F)cc2F)c(C)cc1Br. The molecule has 5 heteroatoms. The van der Waals surface area contributed by atoms with Crippen LogP contribution in [0.25, 0.3) is 0 Å². The third-order valence-electron chi connectivity index (χ3n) is 2.98. The number of ketones is 1. The van der Waals surface area contributed by atoms with E-state index in [0.717, 1.165) is 10.0 Å². The maximum absolute atomic E-state index is 13.6. The molecule has 0 N–H and O–H groups in total. The fourth-order valence-electron chi connectivity index (χ4n) is 1.92. The third-order valence-corrected chi connectivity index (χ3v) is 3.84. The first-order chi connectivity index (χ1) is 9.31. The molecule has 0 aliphatic carbocycles. The van der Waals surface area contributed by atoms with Gasteiger partial charge in [0.25, 0.3) is 0 Å². The van der Waals surface area contributed by atoms with Crippen LogP contribution in [0, 0.1) is 31.3 Å². The van der Waals surface area contributed by atoms with Crippen molar-refractivity contribution in [2.75, 3.05) is 0 Å². The Morgan fingerprint density at radius 2 is 1.50 bits per heavy atom. The lowest BCUT2D eigenvalue weighted by Crippen LogP contribution is -2.10. The number of hydrogen-bond acceptors (Lipinski definition) is 1. The van der Waals surface area contributed by atoms with Crippen molar-refractivity contribution in [1.29, 1.82) is 0 Å². The van der Waals surface area contributed by atoms with Crippen LogP contribution in [0.4, 0.5) is 13.2 Å². The van der Waals surface area contributed by atoms with Gasteiger partial charge in [0.1, 0.15) is 17.5 Å². The normalized spacial score (nSPS) is 10.7. The Kier molecular flexibility index (Phi) is 3.99. The first kappa shape index (κ1) is 14.8. The van der Waals surface area contributed by atoms with Gasteiger partial charge < -0.3 is 0 Å². The standard InChI is InChI=1S/C15H10BrF3O/c1-7-4-11(16)8(2)3-10(7)15(20)14-12(18)5-9(17)6-13(14)19/h3-6H,1-2H3. The molecule has 0 aromatic heterocycles. The number of halogens is 4. The summed E-state index contributed by atoms with van der Waals surface area (Å²) >= 11 is 3.31. The van der Waals surface area contributed by atoms with Crippen molar-refractivity contribution in [3.8, 4) is 0 Å². The Morgan fingerprint density at radius 1 is 0.950 bits per heavy atom. The number of benzene rings is 2. The van der Waals surface area contributed by atoms with Gasteiger partial charge in [-0.2, -0.15) is 0 Å². The zero-order chi connectivity index (χ0) is 15.0. The summed E-state index contributed by atoms with van der Waals surface area (Å²) in [5.41, 5.74) is 0.795. The van der Waals surface area contributed by atoms with Crippen LogP contribution in [0.15, 0.2) is 28.7 Å². The first-order valence-electron chi connectivity index (χ1n) is 5.77. The summed E-state index contributed by atoms with van der Waals surface area (Å²) < 4.78 is 41.0. The molecule has 2 aromatic rings. The molecular weight excluding hydrogens is 333 g/mol. The molecule has 1 nitrogen and oxygen atoms in total. The summed E-state index contributed by atoms with van der Waals surface area (Å²) in [6.07, 6.45) is 0. The third kappa shape index (κ3) is 2.63. The molecular formula is C15H10BrF3O. The van der Waals surface area contributed by atoms with E-state index in [1.54, 1.807) is 26.0 Å². The molecule has 0 atom stereocenters. The number of hydrogen-bond donors (Lipinski definition) is 0. The fourth-order valence-corrected chi connectivity index (χ4v) is 2.38. The van der Waals surface area contributed by atoms with Gasteiger partial charge in [0.15, 0.2) is 5.78 Å². The number of aryl methyl sites for hydroxylation is 2. The zero-order valence-electron chi connectivity index (χ0n) is 10.7. The van der Waals surface area contributed by atoms with Gasteiger partial charge in [-0.05, 0) is 37.1 Å². The van der Waals surface area contributed by atoms with Crippen LogP contribution < -0.4 is 0 Å². The molecule has 0 amide bonds. The van der Waals surface area contributed by atoms with Crippen LogP contribution in [0.3, 0.4) is 0 Å². The smallest absolute Gasteiger partial charge is 0.199 e. The van der Waals surface area contributed by atoms with Gasteiger partial charge in [0.05, 0.1) is 5.56 Å². The fraction of sp³-hybridized carbons (Fsp3) is 0.133. The summed E-state index contributed by atoms with van der Waals surface area (Å²) in [5, 5.41) is 0. The van der Waals surface area contributed by atoms with Crippen molar-refractivity contribution >= 4 is 21.7 Å². The van der Waals surface area contributed by atoms with Crippen molar-refractivity contribution < 1.29 is 18.0 Å². The largest absolute Gasteiger partial charge is 0.288 e. The van der Waals surface area contributed by atoms with Crippen LogP contribution >= 0.6 is 15.9 Å². The molecule has 0 aliphatic heterocycles. The molecule has 0 spiro atoms. The van der Waals surface area contributed by atoms with Crippen LogP contribution in [0.5, 0.6) is 0 Å². The van der Waals surface area contributed by atoms with Crippen LogP contribution in [-0.4, -0.2) is 5.78 Å². The maximum atomic E-state index is 13.6. The van der Waals surface area contributed by atoms with Crippen molar-refractivity contribution in [2.45, 2.75) is 13.8 Å². The average Bonchev–Trinajstić information content (AvgIpc) is 2.32. The Balaban J connectivity index is 2.61. The highest BCUT2D eigenvalue weighted by molar-refractivity contribution is 9.10. The van der Waals surface area contributed by atoms with Gasteiger partial charge >= 0.3 is 0 Å².